The number of ether oxygens (including phenoxy) is 1. The second-order valence-corrected chi connectivity index (χ2v) is 4.90. The maximum Gasteiger partial charge on any atom is 0.238 e. The third kappa shape index (κ3) is 5.27. The Morgan fingerprint density at radius 3 is 2.84 bits per heavy atom. The number of halogens is 2. The summed E-state index contributed by atoms with van der Waals surface area (Å²) in [5, 5.41) is 6.49. The van der Waals surface area contributed by atoms with Crippen molar-refractivity contribution in [2.24, 2.45) is 5.92 Å². The Hall–Kier alpha value is -0.970. The van der Waals surface area contributed by atoms with E-state index in [0.717, 1.165) is 12.5 Å². The first-order valence-corrected chi connectivity index (χ1v) is 6.41. The Labute approximate surface area is 124 Å². The van der Waals surface area contributed by atoms with Gasteiger partial charge in [-0.05, 0) is 43.5 Å². The van der Waals surface area contributed by atoms with Gasteiger partial charge < -0.3 is 15.4 Å². The van der Waals surface area contributed by atoms with Crippen LogP contribution in [0, 0.1) is 5.92 Å². The predicted octanol–water partition coefficient (Wildman–Crippen LogP) is 2.71. The van der Waals surface area contributed by atoms with E-state index in [-0.39, 0.29) is 18.3 Å². The Morgan fingerprint density at radius 1 is 1.47 bits per heavy atom. The Morgan fingerprint density at radius 2 is 2.21 bits per heavy atom. The number of amides is 1. The molecule has 0 aromatic heterocycles. The van der Waals surface area contributed by atoms with E-state index in [1.54, 1.807) is 25.3 Å². The number of benzene rings is 1. The van der Waals surface area contributed by atoms with Gasteiger partial charge in [0.1, 0.15) is 5.75 Å². The molecule has 0 unspecified atom stereocenters. The highest BCUT2D eigenvalue weighted by Gasteiger charge is 2.20. The number of hydrogen-bond acceptors (Lipinski definition) is 3. The molecule has 4 nitrogen and oxygen atoms in total. The molecule has 1 aromatic rings. The quantitative estimate of drug-likeness (QED) is 0.849. The Kier molecular flexibility index (Phi) is 6.42. The first-order chi connectivity index (χ1) is 8.69. The molecule has 1 aliphatic rings. The number of anilines is 1. The van der Waals surface area contributed by atoms with Crippen molar-refractivity contribution >= 4 is 35.6 Å². The normalized spacial score (nSPS) is 13.6. The zero-order valence-corrected chi connectivity index (χ0v) is 12.3. The lowest BCUT2D eigenvalue weighted by Gasteiger charge is -2.10. The lowest BCUT2D eigenvalue weighted by Crippen LogP contribution is -2.29. The van der Waals surface area contributed by atoms with Crippen molar-refractivity contribution in [2.45, 2.75) is 12.8 Å². The fraction of sp³-hybridized carbons (Fsp3) is 0.462. The van der Waals surface area contributed by atoms with Gasteiger partial charge in [0.2, 0.25) is 5.91 Å². The number of hydrogen-bond donors (Lipinski definition) is 2. The fourth-order valence-electron chi connectivity index (χ4n) is 1.68. The van der Waals surface area contributed by atoms with E-state index in [2.05, 4.69) is 10.6 Å². The van der Waals surface area contributed by atoms with Crippen molar-refractivity contribution in [1.82, 2.24) is 5.32 Å². The lowest BCUT2D eigenvalue weighted by atomic mass is 10.3. The smallest absolute Gasteiger partial charge is 0.238 e. The van der Waals surface area contributed by atoms with Crippen LogP contribution in [0.5, 0.6) is 5.75 Å². The Balaban J connectivity index is 0.00000180. The van der Waals surface area contributed by atoms with Crippen molar-refractivity contribution in [3.05, 3.63) is 23.2 Å². The number of methoxy groups -OCH3 is 1. The van der Waals surface area contributed by atoms with Gasteiger partial charge in [0.15, 0.2) is 0 Å². The van der Waals surface area contributed by atoms with Gasteiger partial charge in [-0.15, -0.1) is 12.4 Å². The van der Waals surface area contributed by atoms with Crippen molar-refractivity contribution in [3.63, 3.8) is 0 Å². The molecule has 0 aliphatic heterocycles. The lowest BCUT2D eigenvalue weighted by molar-refractivity contribution is -0.115. The molecule has 106 valence electrons. The second-order valence-electron chi connectivity index (χ2n) is 4.47. The summed E-state index contributed by atoms with van der Waals surface area (Å²) in [4.78, 5) is 11.7. The number of rotatable bonds is 6. The molecule has 0 saturated heterocycles. The van der Waals surface area contributed by atoms with Crippen LogP contribution in [0.25, 0.3) is 0 Å². The molecule has 1 amide bonds. The largest absolute Gasteiger partial charge is 0.495 e. The van der Waals surface area contributed by atoms with Gasteiger partial charge in [0.25, 0.3) is 0 Å². The van der Waals surface area contributed by atoms with E-state index in [4.69, 9.17) is 16.3 Å². The zero-order chi connectivity index (χ0) is 13.0. The van der Waals surface area contributed by atoms with Crippen LogP contribution in [0.2, 0.25) is 5.02 Å². The molecule has 0 radical (unpaired) electrons. The minimum atomic E-state index is -0.0868. The van der Waals surface area contributed by atoms with Gasteiger partial charge in [0.05, 0.1) is 19.3 Å². The molecule has 1 aliphatic carbocycles. The summed E-state index contributed by atoms with van der Waals surface area (Å²) >= 11 is 5.89. The summed E-state index contributed by atoms with van der Waals surface area (Å²) in [6.45, 7) is 1.23. The molecule has 0 heterocycles. The molecule has 0 bridgehead atoms. The van der Waals surface area contributed by atoms with Gasteiger partial charge in [0, 0.05) is 5.02 Å². The number of carbonyl (C=O) groups excluding carboxylic acids is 1. The first kappa shape index (κ1) is 16.1. The summed E-state index contributed by atoms with van der Waals surface area (Å²) in [6.07, 6.45) is 2.55. The van der Waals surface area contributed by atoms with Crippen molar-refractivity contribution < 1.29 is 9.53 Å². The molecule has 6 heteroatoms. The molecule has 1 aromatic carbocycles. The van der Waals surface area contributed by atoms with E-state index in [1.807, 2.05) is 0 Å². The molecular weight excluding hydrogens is 287 g/mol. The highest BCUT2D eigenvalue weighted by atomic mass is 35.5. The second kappa shape index (κ2) is 7.58. The number of carbonyl (C=O) groups is 1. The summed E-state index contributed by atoms with van der Waals surface area (Å²) in [5.41, 5.74) is 0.600. The molecule has 19 heavy (non-hydrogen) atoms. The van der Waals surface area contributed by atoms with Gasteiger partial charge >= 0.3 is 0 Å². The maximum atomic E-state index is 11.7. The van der Waals surface area contributed by atoms with Gasteiger partial charge in [-0.2, -0.15) is 0 Å². The zero-order valence-electron chi connectivity index (χ0n) is 10.7. The predicted molar refractivity (Wildman–Crippen MR) is 79.5 cm³/mol. The molecular formula is C13H18Cl2N2O2. The highest BCUT2D eigenvalue weighted by Crippen LogP contribution is 2.28. The van der Waals surface area contributed by atoms with Crippen LogP contribution < -0.4 is 15.4 Å². The number of nitrogens with one attached hydrogen (secondary N) is 2. The van der Waals surface area contributed by atoms with Crippen LogP contribution in [0.4, 0.5) is 5.69 Å². The van der Waals surface area contributed by atoms with Crippen LogP contribution in [0.1, 0.15) is 12.8 Å². The minimum absolute atomic E-state index is 0. The molecule has 0 atom stereocenters. The minimum Gasteiger partial charge on any atom is -0.495 e. The third-order valence-electron chi connectivity index (χ3n) is 2.85. The van der Waals surface area contributed by atoms with Crippen molar-refractivity contribution in [1.29, 1.82) is 0 Å². The van der Waals surface area contributed by atoms with E-state index in [0.29, 0.717) is 23.0 Å². The molecule has 2 rings (SSSR count). The molecule has 1 saturated carbocycles. The van der Waals surface area contributed by atoms with E-state index >= 15 is 0 Å². The molecule has 2 N–H and O–H groups in total. The SMILES string of the molecule is COc1ccc(Cl)cc1NC(=O)CNCC1CC1.Cl. The van der Waals surface area contributed by atoms with E-state index in [1.165, 1.54) is 12.8 Å². The first-order valence-electron chi connectivity index (χ1n) is 6.03. The Bertz CT molecular complexity index is 437. The maximum absolute atomic E-state index is 11.7. The van der Waals surface area contributed by atoms with Crippen molar-refractivity contribution in [3.8, 4) is 5.75 Å². The van der Waals surface area contributed by atoms with E-state index in [9.17, 15) is 4.79 Å². The topological polar surface area (TPSA) is 50.4 Å². The van der Waals surface area contributed by atoms with Crippen LogP contribution >= 0.6 is 24.0 Å². The summed E-state index contributed by atoms with van der Waals surface area (Å²) in [6, 6.07) is 5.14. The van der Waals surface area contributed by atoms with Crippen LogP contribution in [0.3, 0.4) is 0 Å². The summed E-state index contributed by atoms with van der Waals surface area (Å²) in [7, 11) is 1.56. The van der Waals surface area contributed by atoms with Gasteiger partial charge in [-0.25, -0.2) is 0 Å². The monoisotopic (exact) mass is 304 g/mol. The molecule has 1 fully saturated rings. The molecule has 0 spiro atoms. The van der Waals surface area contributed by atoms with Crippen LogP contribution in [-0.2, 0) is 4.79 Å². The van der Waals surface area contributed by atoms with E-state index < -0.39 is 0 Å². The summed E-state index contributed by atoms with van der Waals surface area (Å²) in [5.74, 6) is 1.28. The van der Waals surface area contributed by atoms with Crippen LogP contribution in [-0.4, -0.2) is 26.1 Å². The van der Waals surface area contributed by atoms with Gasteiger partial charge in [-0.1, -0.05) is 11.6 Å². The van der Waals surface area contributed by atoms with Gasteiger partial charge in [-0.3, -0.25) is 4.79 Å². The van der Waals surface area contributed by atoms with Crippen LogP contribution in [0.15, 0.2) is 18.2 Å². The van der Waals surface area contributed by atoms with Crippen molar-refractivity contribution in [2.75, 3.05) is 25.5 Å². The fourth-order valence-corrected chi connectivity index (χ4v) is 1.86. The third-order valence-corrected chi connectivity index (χ3v) is 3.09. The average molecular weight is 305 g/mol. The standard InChI is InChI=1S/C13H17ClN2O2.ClH/c1-18-12-5-4-10(14)6-11(12)16-13(17)8-15-7-9-2-3-9;/h4-6,9,15H,2-3,7-8H2,1H3,(H,16,17);1H. The average Bonchev–Trinajstić information content (AvgIpc) is 3.13. The summed E-state index contributed by atoms with van der Waals surface area (Å²) < 4.78 is 5.16. The highest BCUT2D eigenvalue weighted by molar-refractivity contribution is 6.31.